The van der Waals surface area contributed by atoms with Crippen LogP contribution in [0.5, 0.6) is 0 Å². The average molecular weight is 363 g/mol. The fourth-order valence-corrected chi connectivity index (χ4v) is 3.75. The van der Waals surface area contributed by atoms with Crippen LogP contribution in [0.4, 0.5) is 0 Å². The van der Waals surface area contributed by atoms with Crippen molar-refractivity contribution in [1.82, 2.24) is 15.5 Å². The van der Waals surface area contributed by atoms with Crippen LogP contribution in [0.15, 0.2) is 35.3 Å². The first-order valence-electron chi connectivity index (χ1n) is 9.51. The van der Waals surface area contributed by atoms with E-state index in [1.165, 1.54) is 50.2 Å². The van der Waals surface area contributed by atoms with Crippen molar-refractivity contribution in [1.29, 1.82) is 0 Å². The molecule has 0 spiro atoms. The van der Waals surface area contributed by atoms with Crippen molar-refractivity contribution in [3.8, 4) is 0 Å². The van der Waals surface area contributed by atoms with Crippen LogP contribution >= 0.6 is 11.8 Å². The highest BCUT2D eigenvalue weighted by Gasteiger charge is 2.22. The molecule has 1 unspecified atom stereocenters. The van der Waals surface area contributed by atoms with E-state index in [0.717, 1.165) is 31.4 Å². The molecule has 1 saturated heterocycles. The molecule has 25 heavy (non-hydrogen) atoms. The number of thioether (sulfide) groups is 1. The molecular weight excluding hydrogens is 328 g/mol. The molecule has 0 aromatic heterocycles. The van der Waals surface area contributed by atoms with Crippen molar-refractivity contribution >= 4 is 17.7 Å². The highest BCUT2D eigenvalue weighted by molar-refractivity contribution is 7.98. The van der Waals surface area contributed by atoms with Gasteiger partial charge in [0.1, 0.15) is 0 Å². The maximum Gasteiger partial charge on any atom is 0.190 e. The number of guanidine groups is 1. The predicted molar refractivity (Wildman–Crippen MR) is 112 cm³/mol. The van der Waals surface area contributed by atoms with Crippen LogP contribution in [0, 0.1) is 5.92 Å². The number of aliphatic imine (C=N–C) groups is 1. The Morgan fingerprint density at radius 3 is 2.84 bits per heavy atom. The second-order valence-electron chi connectivity index (χ2n) is 6.77. The number of nitrogens with zero attached hydrogens (tertiary/aromatic N) is 2. The van der Waals surface area contributed by atoms with Crippen molar-refractivity contribution in [2.24, 2.45) is 10.9 Å². The zero-order valence-corrected chi connectivity index (χ0v) is 16.7. The Labute approximate surface area is 157 Å². The Balaban J connectivity index is 1.58. The molecule has 1 aliphatic rings. The molecule has 0 amide bonds. The van der Waals surface area contributed by atoms with E-state index in [1.807, 2.05) is 18.8 Å². The fourth-order valence-electron chi connectivity index (χ4n) is 3.25. The topological polar surface area (TPSA) is 39.7 Å². The normalized spacial score (nSPS) is 18.5. The lowest BCUT2D eigenvalue weighted by molar-refractivity contribution is 0.328. The molecule has 140 valence electrons. The summed E-state index contributed by atoms with van der Waals surface area (Å²) >= 11 is 1.92. The average Bonchev–Trinajstić information content (AvgIpc) is 3.11. The molecule has 0 saturated carbocycles. The van der Waals surface area contributed by atoms with Gasteiger partial charge < -0.3 is 15.5 Å². The van der Waals surface area contributed by atoms with Crippen molar-refractivity contribution in [2.75, 3.05) is 51.8 Å². The zero-order valence-electron chi connectivity index (χ0n) is 15.8. The van der Waals surface area contributed by atoms with Crippen LogP contribution in [-0.4, -0.2) is 62.6 Å². The van der Waals surface area contributed by atoms with Gasteiger partial charge in [-0.15, -0.1) is 0 Å². The molecule has 1 heterocycles. The summed E-state index contributed by atoms with van der Waals surface area (Å²) in [5.41, 5.74) is 1.44. The molecule has 2 rings (SSSR count). The largest absolute Gasteiger partial charge is 0.356 e. The Hall–Kier alpha value is -1.20. The third-order valence-corrected chi connectivity index (χ3v) is 5.48. The first-order valence-corrected chi connectivity index (χ1v) is 10.9. The van der Waals surface area contributed by atoms with Crippen molar-refractivity contribution in [2.45, 2.75) is 25.7 Å². The molecule has 5 heteroatoms. The molecule has 1 fully saturated rings. The highest BCUT2D eigenvalue weighted by Crippen LogP contribution is 2.16. The molecule has 0 aliphatic carbocycles. The van der Waals surface area contributed by atoms with E-state index in [9.17, 15) is 0 Å². The monoisotopic (exact) mass is 362 g/mol. The van der Waals surface area contributed by atoms with E-state index in [4.69, 9.17) is 0 Å². The van der Waals surface area contributed by atoms with Gasteiger partial charge in [0.15, 0.2) is 5.96 Å². The summed E-state index contributed by atoms with van der Waals surface area (Å²) in [6, 6.07) is 10.8. The quantitative estimate of drug-likeness (QED) is 0.381. The molecule has 4 nitrogen and oxygen atoms in total. The third-order valence-electron chi connectivity index (χ3n) is 4.78. The van der Waals surface area contributed by atoms with E-state index in [0.29, 0.717) is 0 Å². The molecule has 1 aromatic carbocycles. The van der Waals surface area contributed by atoms with Gasteiger partial charge in [-0.1, -0.05) is 30.3 Å². The number of nitrogens with one attached hydrogen (secondary N) is 2. The summed E-state index contributed by atoms with van der Waals surface area (Å²) in [5, 5.41) is 6.93. The maximum absolute atomic E-state index is 4.34. The number of hydrogen-bond donors (Lipinski definition) is 2. The minimum Gasteiger partial charge on any atom is -0.356 e. The van der Waals surface area contributed by atoms with Crippen LogP contribution in [0.1, 0.15) is 24.8 Å². The van der Waals surface area contributed by atoms with Gasteiger partial charge in [-0.05, 0) is 55.7 Å². The van der Waals surface area contributed by atoms with Crippen molar-refractivity contribution in [3.05, 3.63) is 35.9 Å². The second-order valence-corrected chi connectivity index (χ2v) is 7.76. The van der Waals surface area contributed by atoms with Crippen LogP contribution in [0.2, 0.25) is 0 Å². The zero-order chi connectivity index (χ0) is 17.7. The minimum absolute atomic E-state index is 0.728. The number of benzene rings is 1. The number of rotatable bonds is 10. The Morgan fingerprint density at radius 2 is 2.08 bits per heavy atom. The van der Waals surface area contributed by atoms with Crippen LogP contribution in [0.3, 0.4) is 0 Å². The molecule has 1 aromatic rings. The van der Waals surface area contributed by atoms with Gasteiger partial charge in [-0.3, -0.25) is 4.99 Å². The summed E-state index contributed by atoms with van der Waals surface area (Å²) < 4.78 is 0. The van der Waals surface area contributed by atoms with Gasteiger partial charge in [0.05, 0.1) is 0 Å². The number of unbranched alkanes of at least 4 members (excludes halogenated alkanes) is 1. The Bertz CT molecular complexity index is 492. The van der Waals surface area contributed by atoms with Crippen molar-refractivity contribution in [3.63, 3.8) is 0 Å². The van der Waals surface area contributed by atoms with Crippen LogP contribution in [-0.2, 0) is 6.42 Å². The Kier molecular flexibility index (Phi) is 9.82. The first-order chi connectivity index (χ1) is 12.3. The molecule has 0 bridgehead atoms. The van der Waals surface area contributed by atoms with E-state index < -0.39 is 0 Å². The standard InChI is InChI=1S/C20H34N4S/c1-21-20(22-12-6-7-15-25-2)23-16-19-11-14-24(17-19)13-10-18-8-4-3-5-9-18/h3-5,8-9,19H,6-7,10-17H2,1-2H3,(H2,21,22,23). The number of hydrogen-bond acceptors (Lipinski definition) is 3. The van der Waals surface area contributed by atoms with E-state index >= 15 is 0 Å². The summed E-state index contributed by atoms with van der Waals surface area (Å²) in [4.78, 5) is 6.93. The minimum atomic E-state index is 0.728. The third kappa shape index (κ3) is 8.15. The smallest absolute Gasteiger partial charge is 0.190 e. The maximum atomic E-state index is 4.34. The second kappa shape index (κ2) is 12.2. The molecule has 1 atom stereocenters. The van der Waals surface area contributed by atoms with E-state index in [2.05, 4.69) is 57.1 Å². The van der Waals surface area contributed by atoms with Gasteiger partial charge >= 0.3 is 0 Å². The molecule has 2 N–H and O–H groups in total. The molecule has 0 radical (unpaired) electrons. The van der Waals surface area contributed by atoms with Gasteiger partial charge in [-0.25, -0.2) is 0 Å². The first kappa shape index (κ1) is 20.1. The predicted octanol–water partition coefficient (Wildman–Crippen LogP) is 2.86. The van der Waals surface area contributed by atoms with Gasteiger partial charge in [0.25, 0.3) is 0 Å². The van der Waals surface area contributed by atoms with Gasteiger partial charge in [0, 0.05) is 33.2 Å². The lowest BCUT2D eigenvalue weighted by Crippen LogP contribution is -2.40. The SMILES string of the molecule is CN=C(NCCCCSC)NCC1CCN(CCc2ccccc2)C1. The van der Waals surface area contributed by atoms with E-state index in [1.54, 1.807) is 0 Å². The van der Waals surface area contributed by atoms with Gasteiger partial charge in [-0.2, -0.15) is 11.8 Å². The highest BCUT2D eigenvalue weighted by atomic mass is 32.2. The summed E-state index contributed by atoms with van der Waals surface area (Å²) in [6.45, 7) is 5.62. The van der Waals surface area contributed by atoms with E-state index in [-0.39, 0.29) is 0 Å². The van der Waals surface area contributed by atoms with Crippen LogP contribution in [0.25, 0.3) is 0 Å². The summed E-state index contributed by atoms with van der Waals surface area (Å²) in [5.74, 6) is 2.92. The number of likely N-dealkylation sites (tertiary alicyclic amines) is 1. The lowest BCUT2D eigenvalue weighted by atomic mass is 10.1. The Morgan fingerprint density at radius 1 is 1.24 bits per heavy atom. The van der Waals surface area contributed by atoms with Gasteiger partial charge in [0.2, 0.25) is 0 Å². The molecule has 1 aliphatic heterocycles. The fraction of sp³-hybridized carbons (Fsp3) is 0.650. The molecular formula is C20H34N4S. The van der Waals surface area contributed by atoms with Crippen LogP contribution < -0.4 is 10.6 Å². The summed E-state index contributed by atoms with van der Waals surface area (Å²) in [6.07, 6.45) is 7.08. The summed E-state index contributed by atoms with van der Waals surface area (Å²) in [7, 11) is 1.86. The lowest BCUT2D eigenvalue weighted by Gasteiger charge is -2.17. The van der Waals surface area contributed by atoms with Crippen molar-refractivity contribution < 1.29 is 0 Å².